The molecule has 0 rings (SSSR count). The fourth-order valence-corrected chi connectivity index (χ4v) is 5.94. The van der Waals surface area contributed by atoms with E-state index in [1.54, 1.807) is 19.0 Å². The van der Waals surface area contributed by atoms with Crippen LogP contribution in [0.4, 0.5) is 87.8 Å². The molecule has 61 heavy (non-hydrogen) atoms. The largest absolute Gasteiger partial charge is 0.431 e. The normalized spacial score (nSPS) is 15.1. The first-order valence-corrected chi connectivity index (χ1v) is 21.6. The third kappa shape index (κ3) is 29.6. The number of sulfonamides is 1. The molecule has 0 aromatic heterocycles. The van der Waals surface area contributed by atoms with Crippen molar-refractivity contribution in [2.45, 2.75) is 91.2 Å². The van der Waals surface area contributed by atoms with Gasteiger partial charge < -0.3 is 15.5 Å². The van der Waals surface area contributed by atoms with Crippen molar-refractivity contribution in [2.75, 3.05) is 65.9 Å². The van der Waals surface area contributed by atoms with Crippen molar-refractivity contribution in [3.05, 3.63) is 0 Å². The summed E-state index contributed by atoms with van der Waals surface area (Å²) >= 11 is 14.4. The lowest BCUT2D eigenvalue weighted by Crippen LogP contribution is -2.55. The first-order chi connectivity index (χ1) is 26.5. The lowest BCUT2D eigenvalue weighted by molar-refractivity contribution is -0.353. The Morgan fingerprint density at radius 2 is 0.820 bits per heavy atom. The zero-order chi connectivity index (χ0) is 50.1. The second-order valence-corrected chi connectivity index (χ2v) is 19.7. The minimum Gasteiger partial charge on any atom is -0.330 e. The van der Waals surface area contributed by atoms with Crippen LogP contribution < -0.4 is 10.5 Å². The molecule has 0 bridgehead atoms. The van der Waals surface area contributed by atoms with E-state index >= 15 is 0 Å². The van der Waals surface area contributed by atoms with Gasteiger partial charge in [-0.05, 0) is 73.5 Å². The molecule has 0 amide bonds. The van der Waals surface area contributed by atoms with E-state index in [4.69, 9.17) is 40.5 Å². The summed E-state index contributed by atoms with van der Waals surface area (Å²) in [6.45, 7) is 2.12. The number of nitrogens with one attached hydrogen (secondary N) is 1. The minimum atomic E-state index is -6.66. The van der Waals surface area contributed by atoms with E-state index < -0.39 is 121 Å². The Morgan fingerprint density at radius 1 is 0.541 bits per heavy atom. The highest BCUT2D eigenvalue weighted by Gasteiger charge is 2.75. The number of alkyl halides is 23. The molecule has 0 aromatic carbocycles. The van der Waals surface area contributed by atoms with E-state index in [-0.39, 0.29) is 13.0 Å². The first kappa shape index (κ1) is 67.1. The number of hydrogen-bond donors (Lipinski definition) is 2. The summed E-state index contributed by atoms with van der Waals surface area (Å²) in [5.74, 6) is -9.96. The number of hydrogen-bond acceptors (Lipinski definition) is 7. The predicted octanol–water partition coefficient (Wildman–Crippen LogP) is 9.88. The van der Waals surface area contributed by atoms with E-state index in [1.165, 1.54) is 0 Å². The van der Waals surface area contributed by atoms with E-state index in [0.29, 0.717) is 6.54 Å². The predicted molar refractivity (Wildman–Crippen MR) is 188 cm³/mol. The van der Waals surface area contributed by atoms with Crippen LogP contribution in [0.25, 0.3) is 0 Å². The average molecular weight is 1070 g/mol. The van der Waals surface area contributed by atoms with Gasteiger partial charge in [-0.1, -0.05) is 34.8 Å². The van der Waals surface area contributed by atoms with Crippen molar-refractivity contribution in [3.8, 4) is 0 Å². The van der Waals surface area contributed by atoms with Gasteiger partial charge in [0.25, 0.3) is 11.3 Å². The second-order valence-electron chi connectivity index (χ2n) is 12.9. The highest BCUT2D eigenvalue weighted by Crippen LogP contribution is 2.53. The van der Waals surface area contributed by atoms with Gasteiger partial charge in [0.05, 0.1) is 23.3 Å². The number of halogens is 24. The monoisotopic (exact) mass is 1070 g/mol. The molecule has 34 heteroatoms. The number of nitrogens with zero attached hydrogens (tertiary/aromatic N) is 2. The lowest BCUT2D eigenvalue weighted by atomic mass is 9.88. The Kier molecular flexibility index (Phi) is 29.3. The van der Waals surface area contributed by atoms with Crippen molar-refractivity contribution in [1.29, 1.82) is 0 Å². The highest BCUT2D eigenvalue weighted by atomic mass is 35.7. The summed E-state index contributed by atoms with van der Waals surface area (Å²) in [5, 5.41) is 0. The van der Waals surface area contributed by atoms with Crippen molar-refractivity contribution in [3.63, 3.8) is 0 Å². The van der Waals surface area contributed by atoms with Crippen molar-refractivity contribution in [1.82, 2.24) is 14.5 Å². The van der Waals surface area contributed by atoms with Crippen LogP contribution >= 0.6 is 45.5 Å². The summed E-state index contributed by atoms with van der Waals surface area (Å²) in [6.07, 6.45) is -46.1. The lowest BCUT2D eigenvalue weighted by Gasteiger charge is -2.33. The van der Waals surface area contributed by atoms with Crippen LogP contribution in [0.5, 0.6) is 0 Å². The Balaban J connectivity index is -0.000000433. The van der Waals surface area contributed by atoms with Gasteiger partial charge in [0.1, 0.15) is 0 Å². The molecule has 0 spiro atoms. The molecular formula is C27H42Cl4F20N4O4S2. The molecular weight excluding hydrogens is 1030 g/mol. The van der Waals surface area contributed by atoms with Gasteiger partial charge in [-0.15, -0.1) is 0 Å². The second kappa shape index (κ2) is 26.6. The Hall–Kier alpha value is -0.500. The summed E-state index contributed by atoms with van der Waals surface area (Å²) in [4.78, 5) is 3.80. The van der Waals surface area contributed by atoms with Gasteiger partial charge >= 0.3 is 37.1 Å². The zero-order valence-electron chi connectivity index (χ0n) is 31.7. The molecule has 0 saturated carbocycles. The molecule has 2 unspecified atom stereocenters. The van der Waals surface area contributed by atoms with Crippen LogP contribution in [0, 0.1) is 11.8 Å². The fraction of sp³-hybridized carbons (Fsp3) is 1.00. The molecule has 0 aliphatic heterocycles. The summed E-state index contributed by atoms with van der Waals surface area (Å²) in [7, 11) is 2.93. The molecule has 0 heterocycles. The third-order valence-electron chi connectivity index (χ3n) is 7.14. The highest BCUT2D eigenvalue weighted by molar-refractivity contribution is 8.13. The molecule has 0 saturated heterocycles. The molecule has 0 aromatic rings. The van der Waals surface area contributed by atoms with E-state index in [0.717, 1.165) is 19.5 Å². The van der Waals surface area contributed by atoms with E-state index in [9.17, 15) is 105 Å². The number of rotatable bonds is 18. The zero-order valence-corrected chi connectivity index (χ0v) is 36.4. The summed E-state index contributed by atoms with van der Waals surface area (Å²) in [5.41, 5.74) is -7.00. The quantitative estimate of drug-likeness (QED) is 0.0609. The van der Waals surface area contributed by atoms with Crippen molar-refractivity contribution in [2.24, 2.45) is 17.6 Å². The van der Waals surface area contributed by atoms with Gasteiger partial charge in [-0.2, -0.15) is 79.0 Å². The maximum absolute atomic E-state index is 13.6. The number of nitrogens with two attached hydrogens (primary N) is 1. The van der Waals surface area contributed by atoms with Crippen LogP contribution in [-0.4, -0.2) is 145 Å². The average Bonchev–Trinajstić information content (AvgIpc) is 2.98. The van der Waals surface area contributed by atoms with E-state index in [1.807, 2.05) is 4.72 Å². The molecule has 8 nitrogen and oxygen atoms in total. The van der Waals surface area contributed by atoms with Gasteiger partial charge in [-0.25, -0.2) is 30.3 Å². The minimum absolute atomic E-state index is 0.199. The molecule has 2 atom stereocenters. The van der Waals surface area contributed by atoms with Crippen LogP contribution in [0.15, 0.2) is 0 Å². The molecule has 0 radical (unpaired) electrons. The third-order valence-corrected chi connectivity index (χ3v) is 9.74. The van der Waals surface area contributed by atoms with Gasteiger partial charge in [0.15, 0.2) is 4.30 Å². The molecule has 0 fully saturated rings. The maximum Gasteiger partial charge on any atom is 0.431 e. The maximum atomic E-state index is 13.6. The van der Waals surface area contributed by atoms with Crippen LogP contribution in [0.3, 0.4) is 0 Å². The summed E-state index contributed by atoms with van der Waals surface area (Å²) in [6, 6.07) is 0. The smallest absolute Gasteiger partial charge is 0.330 e. The summed E-state index contributed by atoms with van der Waals surface area (Å²) < 4.78 is 297. The van der Waals surface area contributed by atoms with Crippen LogP contribution in [0.1, 0.15) is 38.5 Å². The molecule has 3 N–H and O–H groups in total. The van der Waals surface area contributed by atoms with Crippen LogP contribution in [-0.2, 0) is 19.1 Å². The molecule has 0 aliphatic carbocycles. The molecule has 374 valence electrons. The first-order valence-electron chi connectivity index (χ1n) is 16.1. The topological polar surface area (TPSA) is 113 Å². The van der Waals surface area contributed by atoms with Crippen molar-refractivity contribution >= 4 is 64.6 Å². The van der Waals surface area contributed by atoms with Gasteiger partial charge in [0, 0.05) is 30.1 Å². The standard InChI is InChI=1S/C13H20F10N2O2S.C8H7ClF10O2S.C5H14N2.CHCl3/c1-25(2)6-3-5-24-28(26,27)7-4-9(11(15,16)17)8-10(14,12(18,19)20)13(21,22)23;9-22(20,21)2-1-4(6(11,12)13)3-5(10,7(14,15)16)8(17,18)19;1-7(2)5-3-4-6;2-1(3)4/h9,24H,3-8H2,1-2H3;4H,1-3H2;3-6H2,1-2H3;1H. The molecule has 0 aliphatic rings. The SMILES string of the molecule is CN(C)CCCN.CN(C)CCCNS(=O)(=O)CCC(CC(F)(C(F)(F)F)C(F)(F)F)C(F)(F)F.ClC(Cl)Cl.O=S(=O)(Cl)CCC(CC(F)(C(F)(F)F)C(F)(F)F)C(F)(F)F. The van der Waals surface area contributed by atoms with Crippen molar-refractivity contribution < 1.29 is 105 Å². The van der Waals surface area contributed by atoms with Gasteiger partial charge in [-0.3, -0.25) is 0 Å². The Labute approximate surface area is 357 Å². The fourth-order valence-electron chi connectivity index (χ4n) is 3.91. The van der Waals surface area contributed by atoms with E-state index in [2.05, 4.69) is 29.7 Å². The Bertz CT molecular complexity index is 1400. The van der Waals surface area contributed by atoms with Gasteiger partial charge in [0.2, 0.25) is 19.1 Å². The van der Waals surface area contributed by atoms with Crippen LogP contribution in [0.2, 0.25) is 0 Å². The Morgan fingerprint density at radius 3 is 1.03 bits per heavy atom.